The molecule has 5 heteroatoms. The summed E-state index contributed by atoms with van der Waals surface area (Å²) in [6.45, 7) is 4.34. The number of nitrogens with zero attached hydrogens (tertiary/aromatic N) is 1. The third kappa shape index (κ3) is 2.65. The van der Waals surface area contributed by atoms with E-state index in [0.29, 0.717) is 11.6 Å². The van der Waals surface area contributed by atoms with Gasteiger partial charge in [0, 0.05) is 11.1 Å². The molecule has 4 rings (SSSR count). The third-order valence-electron chi connectivity index (χ3n) is 4.90. The minimum absolute atomic E-state index is 0.120. The number of amides is 1. The van der Waals surface area contributed by atoms with Crippen molar-refractivity contribution in [2.45, 2.75) is 25.8 Å². The molecule has 26 heavy (non-hydrogen) atoms. The number of aromatic nitrogens is 2. The Kier molecular flexibility index (Phi) is 3.99. The molecule has 0 radical (unpaired) electrons. The van der Waals surface area contributed by atoms with Crippen molar-refractivity contribution >= 4 is 5.91 Å². The number of H-pyrrole nitrogens is 1. The lowest BCUT2D eigenvalue weighted by atomic mass is 9.94. The SMILES string of the molecule is COc1ccc(-c2n[nH]c3c2[C@H](c2ccc(C(C)C)cc2)NC3=O)cc1. The van der Waals surface area contributed by atoms with Gasteiger partial charge in [0.25, 0.3) is 5.91 Å². The van der Waals surface area contributed by atoms with E-state index in [0.717, 1.165) is 28.1 Å². The number of carbonyl (C=O) groups excluding carboxylic acids is 1. The van der Waals surface area contributed by atoms with Gasteiger partial charge in [-0.15, -0.1) is 0 Å². The van der Waals surface area contributed by atoms with Crippen LogP contribution in [0.15, 0.2) is 48.5 Å². The second-order valence-corrected chi connectivity index (χ2v) is 6.82. The van der Waals surface area contributed by atoms with Crippen molar-refractivity contribution in [3.05, 3.63) is 70.9 Å². The fourth-order valence-electron chi connectivity index (χ4n) is 3.37. The predicted octanol–water partition coefficient (Wildman–Crippen LogP) is 4.04. The summed E-state index contributed by atoms with van der Waals surface area (Å²) in [5.74, 6) is 1.14. The first kappa shape index (κ1) is 16.4. The fraction of sp³-hybridized carbons (Fsp3) is 0.238. The zero-order valence-corrected chi connectivity index (χ0v) is 15.0. The van der Waals surface area contributed by atoms with Crippen molar-refractivity contribution < 1.29 is 9.53 Å². The molecule has 3 aromatic rings. The highest BCUT2D eigenvalue weighted by Crippen LogP contribution is 2.37. The fourth-order valence-corrected chi connectivity index (χ4v) is 3.37. The summed E-state index contributed by atoms with van der Waals surface area (Å²) in [7, 11) is 1.64. The Labute approximate surface area is 152 Å². The number of methoxy groups -OCH3 is 1. The highest BCUT2D eigenvalue weighted by molar-refractivity contribution is 6.00. The second-order valence-electron chi connectivity index (χ2n) is 6.82. The Balaban J connectivity index is 1.75. The first-order valence-electron chi connectivity index (χ1n) is 8.72. The molecule has 0 spiro atoms. The molecule has 0 unspecified atom stereocenters. The van der Waals surface area contributed by atoms with Crippen LogP contribution in [0.2, 0.25) is 0 Å². The molecule has 0 fully saturated rings. The average Bonchev–Trinajstić information content (AvgIpc) is 3.23. The Morgan fingerprint density at radius 1 is 1.04 bits per heavy atom. The van der Waals surface area contributed by atoms with Crippen molar-refractivity contribution in [3.8, 4) is 17.0 Å². The van der Waals surface area contributed by atoms with Crippen LogP contribution in [0.1, 0.15) is 53.0 Å². The molecule has 0 saturated carbocycles. The summed E-state index contributed by atoms with van der Waals surface area (Å²) in [6.07, 6.45) is 0. The lowest BCUT2D eigenvalue weighted by Gasteiger charge is -2.15. The van der Waals surface area contributed by atoms with E-state index in [-0.39, 0.29) is 11.9 Å². The molecule has 0 aliphatic carbocycles. The van der Waals surface area contributed by atoms with E-state index in [2.05, 4.69) is 53.6 Å². The van der Waals surface area contributed by atoms with Gasteiger partial charge in [0.15, 0.2) is 0 Å². The summed E-state index contributed by atoms with van der Waals surface area (Å²) in [6, 6.07) is 15.9. The standard InChI is InChI=1S/C21H21N3O2/c1-12(2)13-4-6-14(7-5-13)18-17-19(23-24-20(17)21(25)22-18)15-8-10-16(26-3)11-9-15/h4-12,18H,1-3H3,(H,22,25)(H,23,24)/t18-/m0/s1. The van der Waals surface area contributed by atoms with E-state index in [4.69, 9.17) is 4.74 Å². The minimum atomic E-state index is -0.199. The van der Waals surface area contributed by atoms with Crippen LogP contribution in [0.3, 0.4) is 0 Å². The van der Waals surface area contributed by atoms with Crippen molar-refractivity contribution in [1.29, 1.82) is 0 Å². The number of fused-ring (bicyclic) bond motifs is 1. The Hall–Kier alpha value is -3.08. The summed E-state index contributed by atoms with van der Waals surface area (Å²) < 4.78 is 5.22. The number of rotatable bonds is 4. The van der Waals surface area contributed by atoms with Gasteiger partial charge in [-0.25, -0.2) is 0 Å². The molecule has 1 aromatic heterocycles. The molecule has 2 N–H and O–H groups in total. The minimum Gasteiger partial charge on any atom is -0.497 e. The third-order valence-corrected chi connectivity index (χ3v) is 4.90. The topological polar surface area (TPSA) is 67.0 Å². The first-order valence-corrected chi connectivity index (χ1v) is 8.72. The molecule has 1 aliphatic heterocycles. The van der Waals surface area contributed by atoms with Crippen LogP contribution in [0.5, 0.6) is 5.75 Å². The van der Waals surface area contributed by atoms with E-state index in [9.17, 15) is 4.79 Å². The molecule has 132 valence electrons. The maximum atomic E-state index is 12.4. The maximum absolute atomic E-state index is 12.4. The van der Waals surface area contributed by atoms with E-state index in [1.807, 2.05) is 24.3 Å². The van der Waals surface area contributed by atoms with Gasteiger partial charge >= 0.3 is 0 Å². The quantitative estimate of drug-likeness (QED) is 0.748. The summed E-state index contributed by atoms with van der Waals surface area (Å²) >= 11 is 0. The zero-order chi connectivity index (χ0) is 18.3. The Bertz CT molecular complexity index is 940. The molecule has 1 aliphatic rings. The molecule has 0 bridgehead atoms. The highest BCUT2D eigenvalue weighted by Gasteiger charge is 2.35. The van der Waals surface area contributed by atoms with Crippen LogP contribution in [0.4, 0.5) is 0 Å². The first-order chi connectivity index (χ1) is 12.6. The number of hydrogen-bond donors (Lipinski definition) is 2. The van der Waals surface area contributed by atoms with Gasteiger partial charge in [-0.3, -0.25) is 9.89 Å². The normalized spacial score (nSPS) is 15.8. The predicted molar refractivity (Wildman–Crippen MR) is 100 cm³/mol. The van der Waals surface area contributed by atoms with Gasteiger partial charge in [0.05, 0.1) is 18.8 Å². The van der Waals surface area contributed by atoms with Gasteiger partial charge in [0.2, 0.25) is 0 Å². The molecular formula is C21H21N3O2. The van der Waals surface area contributed by atoms with E-state index >= 15 is 0 Å². The smallest absolute Gasteiger partial charge is 0.270 e. The summed E-state index contributed by atoms with van der Waals surface area (Å²) in [4.78, 5) is 12.4. The second kappa shape index (κ2) is 6.33. The molecule has 2 heterocycles. The molecular weight excluding hydrogens is 326 g/mol. The number of nitrogens with one attached hydrogen (secondary N) is 2. The molecule has 2 aromatic carbocycles. The van der Waals surface area contributed by atoms with Gasteiger partial charge in [-0.2, -0.15) is 5.10 Å². The van der Waals surface area contributed by atoms with E-state index in [1.165, 1.54) is 5.56 Å². The van der Waals surface area contributed by atoms with Crippen LogP contribution in [0.25, 0.3) is 11.3 Å². The van der Waals surface area contributed by atoms with Gasteiger partial charge in [-0.1, -0.05) is 38.1 Å². The van der Waals surface area contributed by atoms with Crippen molar-refractivity contribution in [3.63, 3.8) is 0 Å². The van der Waals surface area contributed by atoms with Gasteiger partial charge < -0.3 is 10.1 Å². The summed E-state index contributed by atoms with van der Waals surface area (Å²) in [5.41, 5.74) is 5.51. The monoisotopic (exact) mass is 347 g/mol. The summed E-state index contributed by atoms with van der Waals surface area (Å²) in [5, 5.41) is 10.4. The number of carbonyl (C=O) groups is 1. The lowest BCUT2D eigenvalue weighted by molar-refractivity contribution is 0.0955. The van der Waals surface area contributed by atoms with Gasteiger partial charge in [-0.05, 0) is 41.3 Å². The molecule has 1 amide bonds. The highest BCUT2D eigenvalue weighted by atomic mass is 16.5. The van der Waals surface area contributed by atoms with Crippen LogP contribution in [-0.4, -0.2) is 23.2 Å². The van der Waals surface area contributed by atoms with Crippen LogP contribution in [-0.2, 0) is 0 Å². The largest absolute Gasteiger partial charge is 0.497 e. The van der Waals surface area contributed by atoms with Crippen molar-refractivity contribution in [2.75, 3.05) is 7.11 Å². The zero-order valence-electron chi connectivity index (χ0n) is 15.0. The molecule has 5 nitrogen and oxygen atoms in total. The molecule has 0 saturated heterocycles. The van der Waals surface area contributed by atoms with Crippen LogP contribution in [0, 0.1) is 0 Å². The average molecular weight is 347 g/mol. The van der Waals surface area contributed by atoms with Gasteiger partial charge in [0.1, 0.15) is 11.4 Å². The Morgan fingerprint density at radius 3 is 2.35 bits per heavy atom. The number of aromatic amines is 1. The van der Waals surface area contributed by atoms with E-state index in [1.54, 1.807) is 7.11 Å². The van der Waals surface area contributed by atoms with Crippen LogP contribution >= 0.6 is 0 Å². The number of ether oxygens (including phenoxy) is 1. The van der Waals surface area contributed by atoms with Crippen LogP contribution < -0.4 is 10.1 Å². The van der Waals surface area contributed by atoms with E-state index < -0.39 is 0 Å². The number of hydrogen-bond acceptors (Lipinski definition) is 3. The number of benzene rings is 2. The van der Waals surface area contributed by atoms with Crippen molar-refractivity contribution in [2.24, 2.45) is 0 Å². The van der Waals surface area contributed by atoms with Crippen molar-refractivity contribution in [1.82, 2.24) is 15.5 Å². The lowest BCUT2D eigenvalue weighted by Crippen LogP contribution is -2.21. The molecule has 1 atom stereocenters. The maximum Gasteiger partial charge on any atom is 0.270 e. The Morgan fingerprint density at radius 2 is 1.73 bits per heavy atom.